The van der Waals surface area contributed by atoms with Crippen LogP contribution in [0.4, 0.5) is 10.1 Å². The van der Waals surface area contributed by atoms with Crippen LogP contribution in [0.5, 0.6) is 0 Å². The lowest BCUT2D eigenvalue weighted by molar-refractivity contribution is -0.387. The zero-order valence-corrected chi connectivity index (χ0v) is 11.4. The largest absolute Gasteiger partial charge is 0.312 e. The Morgan fingerprint density at radius 3 is 2.95 bits per heavy atom. The number of rotatable bonds is 5. The second-order valence-corrected chi connectivity index (χ2v) is 6.07. The third-order valence-electron chi connectivity index (χ3n) is 3.18. The van der Waals surface area contributed by atoms with Crippen LogP contribution < -0.4 is 5.32 Å². The summed E-state index contributed by atoms with van der Waals surface area (Å²) in [5.74, 6) is 0.453. The number of hydrogen-bond acceptors (Lipinski definition) is 4. The van der Waals surface area contributed by atoms with Crippen molar-refractivity contribution in [2.45, 2.75) is 31.1 Å². The van der Waals surface area contributed by atoms with Gasteiger partial charge < -0.3 is 5.32 Å². The lowest BCUT2D eigenvalue weighted by Gasteiger charge is -2.21. The van der Waals surface area contributed by atoms with Gasteiger partial charge in [0.05, 0.1) is 4.92 Å². The highest BCUT2D eigenvalue weighted by atomic mass is 32.2. The van der Waals surface area contributed by atoms with Crippen LogP contribution in [0.2, 0.25) is 0 Å². The van der Waals surface area contributed by atoms with Gasteiger partial charge in [0.25, 0.3) is 0 Å². The van der Waals surface area contributed by atoms with E-state index >= 15 is 0 Å². The van der Waals surface area contributed by atoms with Gasteiger partial charge in [-0.2, -0.15) is 16.2 Å². The molecule has 0 aliphatic carbocycles. The summed E-state index contributed by atoms with van der Waals surface area (Å²) in [5, 5.41) is 14.4. The Bertz CT molecular complexity index is 450. The second kappa shape index (κ2) is 6.86. The monoisotopic (exact) mass is 284 g/mol. The molecule has 1 aliphatic heterocycles. The van der Waals surface area contributed by atoms with Crippen molar-refractivity contribution in [3.05, 3.63) is 39.7 Å². The second-order valence-electron chi connectivity index (χ2n) is 4.66. The highest BCUT2D eigenvalue weighted by Crippen LogP contribution is 2.24. The summed E-state index contributed by atoms with van der Waals surface area (Å²) in [4.78, 5) is 9.80. The molecule has 1 aliphatic rings. The van der Waals surface area contributed by atoms with Gasteiger partial charge in [-0.25, -0.2) is 0 Å². The Morgan fingerprint density at radius 2 is 2.32 bits per heavy atom. The van der Waals surface area contributed by atoms with Crippen molar-refractivity contribution in [3.8, 4) is 0 Å². The maximum Gasteiger partial charge on any atom is 0.304 e. The molecular weight excluding hydrogens is 267 g/mol. The van der Waals surface area contributed by atoms with Crippen LogP contribution in [0.1, 0.15) is 24.8 Å². The van der Waals surface area contributed by atoms with Gasteiger partial charge in [0.1, 0.15) is 0 Å². The highest BCUT2D eigenvalue weighted by molar-refractivity contribution is 7.99. The molecule has 0 aromatic heterocycles. The molecule has 0 spiro atoms. The minimum atomic E-state index is -0.767. The van der Waals surface area contributed by atoms with E-state index in [-0.39, 0.29) is 0 Å². The van der Waals surface area contributed by atoms with E-state index in [1.165, 1.54) is 37.1 Å². The van der Waals surface area contributed by atoms with Crippen LogP contribution in [0.3, 0.4) is 0 Å². The lowest BCUT2D eigenvalue weighted by Crippen LogP contribution is -2.26. The predicted molar refractivity (Wildman–Crippen MR) is 74.9 cm³/mol. The molecule has 1 N–H and O–H groups in total. The molecular formula is C13H17FN2O2S. The van der Waals surface area contributed by atoms with Crippen molar-refractivity contribution < 1.29 is 9.31 Å². The fourth-order valence-electron chi connectivity index (χ4n) is 2.15. The topological polar surface area (TPSA) is 55.2 Å². The van der Waals surface area contributed by atoms with Gasteiger partial charge in [0.2, 0.25) is 5.82 Å². The fraction of sp³-hybridized carbons (Fsp3) is 0.538. The maximum absolute atomic E-state index is 13.4. The summed E-state index contributed by atoms with van der Waals surface area (Å²) >= 11 is 1.98. The molecule has 1 fully saturated rings. The molecule has 0 amide bonds. The highest BCUT2D eigenvalue weighted by Gasteiger charge is 2.15. The molecule has 4 nitrogen and oxygen atoms in total. The van der Waals surface area contributed by atoms with Gasteiger partial charge in [-0.15, -0.1) is 0 Å². The van der Waals surface area contributed by atoms with E-state index in [9.17, 15) is 14.5 Å². The van der Waals surface area contributed by atoms with Crippen molar-refractivity contribution in [3.63, 3.8) is 0 Å². The maximum atomic E-state index is 13.4. The summed E-state index contributed by atoms with van der Waals surface area (Å²) in [6, 6.07) is 4.06. The molecule has 6 heteroatoms. The Kier molecular flexibility index (Phi) is 5.15. The van der Waals surface area contributed by atoms with Gasteiger partial charge in [-0.1, -0.05) is 12.5 Å². The van der Waals surface area contributed by atoms with E-state index in [2.05, 4.69) is 5.32 Å². The van der Waals surface area contributed by atoms with Gasteiger partial charge in [0, 0.05) is 24.4 Å². The average Bonchev–Trinajstić information content (AvgIpc) is 2.39. The summed E-state index contributed by atoms with van der Waals surface area (Å²) < 4.78 is 13.4. The SMILES string of the molecule is O=[N+]([O-])c1ccc(CNCC2CCCCS2)cc1F. The number of hydrogen-bond donors (Lipinski definition) is 1. The number of benzene rings is 1. The predicted octanol–water partition coefficient (Wildman–Crippen LogP) is 3.11. The van der Waals surface area contributed by atoms with Crippen LogP contribution >= 0.6 is 11.8 Å². The quantitative estimate of drug-likeness (QED) is 0.667. The zero-order chi connectivity index (χ0) is 13.7. The normalized spacial score (nSPS) is 19.3. The van der Waals surface area contributed by atoms with Crippen molar-refractivity contribution in [2.75, 3.05) is 12.3 Å². The fourth-order valence-corrected chi connectivity index (χ4v) is 3.43. The Hall–Kier alpha value is -1.14. The van der Waals surface area contributed by atoms with Crippen molar-refractivity contribution in [1.29, 1.82) is 0 Å². The van der Waals surface area contributed by atoms with Crippen LogP contribution in [0, 0.1) is 15.9 Å². The third-order valence-corrected chi connectivity index (χ3v) is 4.58. The van der Waals surface area contributed by atoms with Crippen LogP contribution in [0.25, 0.3) is 0 Å². The van der Waals surface area contributed by atoms with E-state index in [1.807, 2.05) is 11.8 Å². The number of nitrogens with zero attached hydrogens (tertiary/aromatic N) is 1. The molecule has 1 unspecified atom stereocenters. The standard InChI is InChI=1S/C13H17FN2O2S/c14-12-7-10(4-5-13(12)16(17)18)8-15-9-11-3-1-2-6-19-11/h4-5,7,11,15H,1-3,6,8-9H2. The van der Waals surface area contributed by atoms with E-state index in [0.717, 1.165) is 12.1 Å². The minimum Gasteiger partial charge on any atom is -0.312 e. The number of nitrogens with one attached hydrogen (secondary N) is 1. The third kappa shape index (κ3) is 4.18. The molecule has 1 saturated heterocycles. The molecule has 0 radical (unpaired) electrons. The first-order valence-corrected chi connectivity index (χ1v) is 7.47. The van der Waals surface area contributed by atoms with Gasteiger partial charge in [-0.05, 0) is 30.2 Å². The Balaban J connectivity index is 1.82. The summed E-state index contributed by atoms with van der Waals surface area (Å²) in [6.45, 7) is 1.45. The molecule has 19 heavy (non-hydrogen) atoms. The first kappa shape index (κ1) is 14.3. The van der Waals surface area contributed by atoms with Gasteiger partial charge >= 0.3 is 5.69 Å². The number of thioether (sulfide) groups is 1. The van der Waals surface area contributed by atoms with Gasteiger partial charge in [0.15, 0.2) is 0 Å². The molecule has 1 heterocycles. The molecule has 104 valence electrons. The molecule has 0 saturated carbocycles. The number of nitro benzene ring substituents is 1. The molecule has 2 rings (SSSR count). The van der Waals surface area contributed by atoms with E-state index in [4.69, 9.17) is 0 Å². The zero-order valence-electron chi connectivity index (χ0n) is 10.6. The molecule has 0 bridgehead atoms. The number of halogens is 1. The van der Waals surface area contributed by atoms with Crippen LogP contribution in [-0.2, 0) is 6.54 Å². The molecule has 1 aromatic rings. The first-order valence-electron chi connectivity index (χ1n) is 6.42. The summed E-state index contributed by atoms with van der Waals surface area (Å²) in [7, 11) is 0. The number of nitro groups is 1. The van der Waals surface area contributed by atoms with Gasteiger partial charge in [-0.3, -0.25) is 10.1 Å². The Morgan fingerprint density at radius 1 is 1.47 bits per heavy atom. The summed E-state index contributed by atoms with van der Waals surface area (Å²) in [6.07, 6.45) is 3.81. The van der Waals surface area contributed by atoms with Crippen LogP contribution in [0.15, 0.2) is 18.2 Å². The minimum absolute atomic E-state index is 0.466. The smallest absolute Gasteiger partial charge is 0.304 e. The van der Waals surface area contributed by atoms with E-state index in [1.54, 1.807) is 6.07 Å². The van der Waals surface area contributed by atoms with Crippen LogP contribution in [-0.4, -0.2) is 22.5 Å². The van der Waals surface area contributed by atoms with E-state index in [0.29, 0.717) is 11.8 Å². The van der Waals surface area contributed by atoms with Crippen molar-refractivity contribution in [2.24, 2.45) is 0 Å². The van der Waals surface area contributed by atoms with Crippen molar-refractivity contribution in [1.82, 2.24) is 5.32 Å². The van der Waals surface area contributed by atoms with E-state index < -0.39 is 16.4 Å². The van der Waals surface area contributed by atoms with Crippen molar-refractivity contribution >= 4 is 17.4 Å². The molecule has 1 atom stereocenters. The summed E-state index contributed by atoms with van der Waals surface area (Å²) in [5.41, 5.74) is 0.274. The molecule has 1 aromatic carbocycles. The Labute approximate surface area is 115 Å². The average molecular weight is 284 g/mol. The lowest BCUT2D eigenvalue weighted by atomic mass is 10.1. The first-order chi connectivity index (χ1) is 9.16.